The summed E-state index contributed by atoms with van der Waals surface area (Å²) in [6.45, 7) is 6.19. The normalized spacial score (nSPS) is 18.8. The topological polar surface area (TPSA) is 38.5 Å². The quantitative estimate of drug-likeness (QED) is 0.783. The number of rotatable bonds is 4. The molecule has 86 valence electrons. The first-order valence-corrected chi connectivity index (χ1v) is 5.66. The number of nitrogens with two attached hydrogens (primary N) is 1. The summed E-state index contributed by atoms with van der Waals surface area (Å²) in [6, 6.07) is 8.11. The van der Waals surface area contributed by atoms with Crippen molar-refractivity contribution in [3.05, 3.63) is 36.9 Å². The van der Waals surface area contributed by atoms with Gasteiger partial charge in [0.15, 0.2) is 0 Å². The van der Waals surface area contributed by atoms with E-state index < -0.39 is 0 Å². The molecule has 1 atom stereocenters. The summed E-state index contributed by atoms with van der Waals surface area (Å²) >= 11 is 0. The van der Waals surface area contributed by atoms with E-state index in [1.54, 1.807) is 0 Å². The van der Waals surface area contributed by atoms with Crippen molar-refractivity contribution in [3.63, 3.8) is 0 Å². The van der Waals surface area contributed by atoms with E-state index in [2.05, 4.69) is 17.5 Å². The Morgan fingerprint density at radius 1 is 1.50 bits per heavy atom. The Hall–Kier alpha value is -1.48. The van der Waals surface area contributed by atoms with Crippen LogP contribution >= 0.6 is 0 Å². The maximum Gasteiger partial charge on any atom is 0.143 e. The van der Waals surface area contributed by atoms with Crippen molar-refractivity contribution in [3.8, 4) is 5.75 Å². The molecule has 0 radical (unpaired) electrons. The van der Waals surface area contributed by atoms with Crippen molar-refractivity contribution in [2.45, 2.75) is 12.5 Å². The second-order valence-electron chi connectivity index (χ2n) is 3.98. The third-order valence-corrected chi connectivity index (χ3v) is 2.76. The molecule has 0 aromatic heterocycles. The van der Waals surface area contributed by atoms with Crippen molar-refractivity contribution >= 4 is 5.69 Å². The molecule has 0 bridgehead atoms. The lowest BCUT2D eigenvalue weighted by atomic mass is 10.1. The van der Waals surface area contributed by atoms with Gasteiger partial charge in [0, 0.05) is 6.54 Å². The molecule has 0 fully saturated rings. The molecule has 2 rings (SSSR count). The van der Waals surface area contributed by atoms with Gasteiger partial charge in [-0.25, -0.2) is 0 Å². The number of fused-ring (bicyclic) bond motifs is 1. The molecule has 0 aliphatic carbocycles. The van der Waals surface area contributed by atoms with Gasteiger partial charge in [-0.2, -0.15) is 0 Å². The fourth-order valence-corrected chi connectivity index (χ4v) is 2.04. The zero-order valence-electron chi connectivity index (χ0n) is 9.43. The lowest BCUT2D eigenvalue weighted by Gasteiger charge is -2.35. The van der Waals surface area contributed by atoms with E-state index in [-0.39, 0.29) is 6.10 Å². The third-order valence-electron chi connectivity index (χ3n) is 2.76. The number of benzene rings is 1. The standard InChI is InChI=1S/C13H18N2O/c1-2-9-15-10-11(7-8-14)16-13-6-4-3-5-12(13)15/h2-6,11H,1,7-10,14H2. The van der Waals surface area contributed by atoms with Crippen LogP contribution in [0.3, 0.4) is 0 Å². The Morgan fingerprint density at radius 2 is 2.31 bits per heavy atom. The molecular formula is C13H18N2O. The van der Waals surface area contributed by atoms with E-state index in [1.807, 2.05) is 24.3 Å². The largest absolute Gasteiger partial charge is 0.486 e. The minimum atomic E-state index is 0.194. The number of ether oxygens (including phenoxy) is 1. The van der Waals surface area contributed by atoms with Gasteiger partial charge < -0.3 is 15.4 Å². The number of hydrogen-bond donors (Lipinski definition) is 1. The molecule has 1 heterocycles. The molecule has 3 nitrogen and oxygen atoms in total. The lowest BCUT2D eigenvalue weighted by molar-refractivity contribution is 0.187. The predicted molar refractivity (Wildman–Crippen MR) is 66.9 cm³/mol. The van der Waals surface area contributed by atoms with Crippen LogP contribution in [-0.4, -0.2) is 25.7 Å². The van der Waals surface area contributed by atoms with Gasteiger partial charge in [-0.05, 0) is 25.1 Å². The first-order chi connectivity index (χ1) is 7.85. The van der Waals surface area contributed by atoms with Crippen LogP contribution in [0.1, 0.15) is 6.42 Å². The monoisotopic (exact) mass is 218 g/mol. The van der Waals surface area contributed by atoms with Gasteiger partial charge in [0.25, 0.3) is 0 Å². The summed E-state index contributed by atoms with van der Waals surface area (Å²) in [5, 5.41) is 0. The van der Waals surface area contributed by atoms with Crippen molar-refractivity contribution < 1.29 is 4.74 Å². The summed E-state index contributed by atoms with van der Waals surface area (Å²) in [5.41, 5.74) is 6.73. The highest BCUT2D eigenvalue weighted by Gasteiger charge is 2.23. The van der Waals surface area contributed by atoms with Crippen LogP contribution < -0.4 is 15.4 Å². The van der Waals surface area contributed by atoms with Crippen molar-refractivity contribution in [2.24, 2.45) is 5.73 Å². The minimum absolute atomic E-state index is 0.194. The van der Waals surface area contributed by atoms with Crippen molar-refractivity contribution in [2.75, 3.05) is 24.5 Å². The number of para-hydroxylation sites is 2. The highest BCUT2D eigenvalue weighted by atomic mass is 16.5. The van der Waals surface area contributed by atoms with Crippen LogP contribution in [0.5, 0.6) is 5.75 Å². The molecule has 0 spiro atoms. The molecule has 16 heavy (non-hydrogen) atoms. The zero-order valence-corrected chi connectivity index (χ0v) is 9.43. The van der Waals surface area contributed by atoms with Gasteiger partial charge in [0.05, 0.1) is 12.2 Å². The maximum absolute atomic E-state index is 5.89. The highest BCUT2D eigenvalue weighted by Crippen LogP contribution is 2.33. The van der Waals surface area contributed by atoms with E-state index in [0.717, 1.165) is 30.9 Å². The van der Waals surface area contributed by atoms with E-state index in [4.69, 9.17) is 10.5 Å². The van der Waals surface area contributed by atoms with Gasteiger partial charge in [-0.1, -0.05) is 18.2 Å². The summed E-state index contributed by atoms with van der Waals surface area (Å²) in [5.74, 6) is 0.953. The van der Waals surface area contributed by atoms with Gasteiger partial charge in [-0.3, -0.25) is 0 Å². The Balaban J connectivity index is 2.22. The molecule has 0 saturated carbocycles. The Kier molecular flexibility index (Phi) is 3.47. The van der Waals surface area contributed by atoms with E-state index in [1.165, 1.54) is 0 Å². The van der Waals surface area contributed by atoms with Gasteiger partial charge in [0.2, 0.25) is 0 Å². The third kappa shape index (κ3) is 2.19. The molecule has 1 aliphatic heterocycles. The van der Waals surface area contributed by atoms with Crippen LogP contribution in [0, 0.1) is 0 Å². The van der Waals surface area contributed by atoms with E-state index in [0.29, 0.717) is 6.54 Å². The van der Waals surface area contributed by atoms with E-state index >= 15 is 0 Å². The van der Waals surface area contributed by atoms with Gasteiger partial charge in [0.1, 0.15) is 11.9 Å². The minimum Gasteiger partial charge on any atom is -0.486 e. The molecule has 2 N–H and O–H groups in total. The average Bonchev–Trinajstić information content (AvgIpc) is 2.30. The smallest absolute Gasteiger partial charge is 0.143 e. The van der Waals surface area contributed by atoms with Gasteiger partial charge in [-0.15, -0.1) is 6.58 Å². The Bertz CT molecular complexity index is 365. The van der Waals surface area contributed by atoms with Crippen LogP contribution in [0.4, 0.5) is 5.69 Å². The molecule has 1 aromatic carbocycles. The maximum atomic E-state index is 5.89. The fraction of sp³-hybridized carbons (Fsp3) is 0.385. The number of nitrogens with zero attached hydrogens (tertiary/aromatic N) is 1. The number of anilines is 1. The van der Waals surface area contributed by atoms with Crippen molar-refractivity contribution in [1.82, 2.24) is 0 Å². The summed E-state index contributed by atoms with van der Waals surface area (Å²) < 4.78 is 5.89. The molecule has 1 aliphatic rings. The summed E-state index contributed by atoms with van der Waals surface area (Å²) in [4.78, 5) is 2.28. The SMILES string of the molecule is C=CCN1CC(CCN)Oc2ccccc21. The van der Waals surface area contributed by atoms with Crippen LogP contribution in [0.15, 0.2) is 36.9 Å². The molecular weight excluding hydrogens is 200 g/mol. The highest BCUT2D eigenvalue weighted by molar-refractivity contribution is 5.60. The average molecular weight is 218 g/mol. The van der Waals surface area contributed by atoms with Gasteiger partial charge >= 0.3 is 0 Å². The second-order valence-corrected chi connectivity index (χ2v) is 3.98. The fourth-order valence-electron chi connectivity index (χ4n) is 2.04. The van der Waals surface area contributed by atoms with Crippen molar-refractivity contribution in [1.29, 1.82) is 0 Å². The predicted octanol–water partition coefficient (Wildman–Crippen LogP) is 1.79. The van der Waals surface area contributed by atoms with Crippen LogP contribution in [-0.2, 0) is 0 Å². The second kappa shape index (κ2) is 5.03. The van der Waals surface area contributed by atoms with E-state index in [9.17, 15) is 0 Å². The summed E-state index contributed by atoms with van der Waals surface area (Å²) in [7, 11) is 0. The van der Waals surface area contributed by atoms with Crippen LogP contribution in [0.25, 0.3) is 0 Å². The first-order valence-electron chi connectivity index (χ1n) is 5.66. The summed E-state index contributed by atoms with van der Waals surface area (Å²) in [6.07, 6.45) is 3.00. The molecule has 0 amide bonds. The molecule has 0 saturated heterocycles. The lowest BCUT2D eigenvalue weighted by Crippen LogP contribution is -2.41. The Morgan fingerprint density at radius 3 is 3.06 bits per heavy atom. The first kappa shape index (κ1) is 11.0. The molecule has 3 heteroatoms. The molecule has 1 unspecified atom stereocenters. The number of hydrogen-bond acceptors (Lipinski definition) is 3. The Labute approximate surface area is 96.5 Å². The molecule has 1 aromatic rings. The van der Waals surface area contributed by atoms with Crippen LogP contribution in [0.2, 0.25) is 0 Å². The zero-order chi connectivity index (χ0) is 11.4.